The molecular weight excluding hydrogens is 323 g/mol. The lowest BCUT2D eigenvalue weighted by atomic mass is 10.4. The van der Waals surface area contributed by atoms with Gasteiger partial charge >= 0.3 is 0 Å². The van der Waals surface area contributed by atoms with Crippen LogP contribution in [-0.4, -0.2) is 6.61 Å². The first kappa shape index (κ1) is 17.7. The summed E-state index contributed by atoms with van der Waals surface area (Å²) in [4.78, 5) is 0. The Bertz CT molecular complexity index is 605. The molecule has 3 aromatic rings. The van der Waals surface area contributed by atoms with Gasteiger partial charge in [-0.1, -0.05) is 54.6 Å². The van der Waals surface area contributed by atoms with E-state index in [9.17, 15) is 0 Å². The van der Waals surface area contributed by atoms with Gasteiger partial charge in [-0.25, -0.2) is 4.52 Å². The smallest absolute Gasteiger partial charge is 0.222 e. The van der Waals surface area contributed by atoms with E-state index in [0.29, 0.717) is 6.61 Å². The van der Waals surface area contributed by atoms with E-state index in [-0.39, 0.29) is 12.4 Å². The molecule has 0 aromatic heterocycles. The van der Waals surface area contributed by atoms with Crippen molar-refractivity contribution >= 4 is 35.8 Å². The summed E-state index contributed by atoms with van der Waals surface area (Å²) < 4.78 is 6.50. The van der Waals surface area contributed by atoms with Crippen LogP contribution in [-0.2, 0) is 4.52 Å². The molecule has 0 spiro atoms. The molecule has 0 radical (unpaired) electrons. The van der Waals surface area contributed by atoms with E-state index in [0.717, 1.165) is 0 Å². The third-order valence-corrected chi connectivity index (χ3v) is 7.40. The molecule has 118 valence electrons. The van der Waals surface area contributed by atoms with Gasteiger partial charge in [0.2, 0.25) is 7.49 Å². The van der Waals surface area contributed by atoms with Crippen LogP contribution in [0.15, 0.2) is 91.0 Å². The topological polar surface area (TPSA) is 9.23 Å². The molecule has 0 bridgehead atoms. The minimum Gasteiger partial charge on any atom is -0.222 e. The van der Waals surface area contributed by atoms with Gasteiger partial charge in [-0.15, -0.1) is 12.4 Å². The van der Waals surface area contributed by atoms with Gasteiger partial charge in [-0.05, 0) is 43.3 Å². The summed E-state index contributed by atoms with van der Waals surface area (Å²) in [5.41, 5.74) is 0. The lowest BCUT2D eigenvalue weighted by Crippen LogP contribution is -2.32. The molecular formula is C20H21ClOP+. The van der Waals surface area contributed by atoms with Crippen molar-refractivity contribution < 1.29 is 4.52 Å². The van der Waals surface area contributed by atoms with E-state index in [2.05, 4.69) is 97.9 Å². The summed E-state index contributed by atoms with van der Waals surface area (Å²) in [5.74, 6) is 0. The Balaban J connectivity index is 0.00000192. The van der Waals surface area contributed by atoms with Crippen LogP contribution in [0.2, 0.25) is 0 Å². The van der Waals surface area contributed by atoms with Crippen molar-refractivity contribution in [3.8, 4) is 0 Å². The molecule has 0 saturated carbocycles. The van der Waals surface area contributed by atoms with Gasteiger partial charge in [0.05, 0.1) is 6.61 Å². The number of hydrogen-bond acceptors (Lipinski definition) is 1. The summed E-state index contributed by atoms with van der Waals surface area (Å²) in [6, 6.07) is 31.8. The zero-order chi connectivity index (χ0) is 15.3. The number of hydrogen-bond donors (Lipinski definition) is 0. The van der Waals surface area contributed by atoms with Crippen LogP contribution in [0.1, 0.15) is 6.92 Å². The average Bonchev–Trinajstić information content (AvgIpc) is 2.62. The van der Waals surface area contributed by atoms with Crippen LogP contribution in [0.25, 0.3) is 0 Å². The molecule has 0 atom stereocenters. The SMILES string of the molecule is CCO[P+](c1ccccc1)(c1ccccc1)c1ccccc1.Cl. The molecule has 0 N–H and O–H groups in total. The van der Waals surface area contributed by atoms with E-state index >= 15 is 0 Å². The minimum absolute atomic E-state index is 0. The molecule has 0 saturated heterocycles. The first-order valence-electron chi connectivity index (χ1n) is 7.58. The maximum atomic E-state index is 6.50. The highest BCUT2D eigenvalue weighted by Gasteiger charge is 2.47. The van der Waals surface area contributed by atoms with Gasteiger partial charge in [-0.2, -0.15) is 0 Å². The lowest BCUT2D eigenvalue weighted by molar-refractivity contribution is 0.381. The zero-order valence-electron chi connectivity index (χ0n) is 13.1. The van der Waals surface area contributed by atoms with Crippen LogP contribution in [0, 0.1) is 0 Å². The Kier molecular flexibility index (Phi) is 6.36. The second-order valence-electron chi connectivity index (χ2n) is 5.03. The second-order valence-corrected chi connectivity index (χ2v) is 8.06. The number of halogens is 1. The summed E-state index contributed by atoms with van der Waals surface area (Å²) in [6.07, 6.45) is 0. The highest BCUT2D eigenvalue weighted by Crippen LogP contribution is 2.56. The molecule has 0 aliphatic rings. The van der Waals surface area contributed by atoms with Gasteiger partial charge in [0.15, 0.2) is 0 Å². The average molecular weight is 344 g/mol. The van der Waals surface area contributed by atoms with Crippen molar-refractivity contribution in [3.63, 3.8) is 0 Å². The quantitative estimate of drug-likeness (QED) is 0.626. The Morgan fingerprint density at radius 3 is 1.17 bits per heavy atom. The molecule has 23 heavy (non-hydrogen) atoms. The highest BCUT2D eigenvalue weighted by atomic mass is 35.5. The van der Waals surface area contributed by atoms with Gasteiger partial charge < -0.3 is 0 Å². The van der Waals surface area contributed by atoms with E-state index in [1.165, 1.54) is 15.9 Å². The molecule has 0 aliphatic heterocycles. The fourth-order valence-electron chi connectivity index (χ4n) is 2.78. The molecule has 0 amide bonds. The first-order chi connectivity index (χ1) is 10.9. The van der Waals surface area contributed by atoms with Crippen LogP contribution >= 0.6 is 19.9 Å². The molecule has 3 rings (SSSR count). The van der Waals surface area contributed by atoms with E-state index in [1.54, 1.807) is 0 Å². The summed E-state index contributed by atoms with van der Waals surface area (Å²) in [5, 5.41) is 3.78. The van der Waals surface area contributed by atoms with E-state index in [1.807, 2.05) is 0 Å². The minimum atomic E-state index is -2.05. The summed E-state index contributed by atoms with van der Waals surface area (Å²) in [6.45, 7) is 2.76. The van der Waals surface area contributed by atoms with Crippen LogP contribution in [0.5, 0.6) is 0 Å². The van der Waals surface area contributed by atoms with Gasteiger partial charge in [0.25, 0.3) is 0 Å². The first-order valence-corrected chi connectivity index (χ1v) is 9.29. The normalized spacial score (nSPS) is 10.8. The van der Waals surface area contributed by atoms with Crippen molar-refractivity contribution in [2.45, 2.75) is 6.92 Å². The van der Waals surface area contributed by atoms with Crippen molar-refractivity contribution in [2.24, 2.45) is 0 Å². The predicted molar refractivity (Wildman–Crippen MR) is 104 cm³/mol. The fraction of sp³-hybridized carbons (Fsp3) is 0.100. The maximum absolute atomic E-state index is 6.50. The van der Waals surface area contributed by atoms with Crippen molar-refractivity contribution in [3.05, 3.63) is 91.0 Å². The Hall–Kier alpha value is -1.66. The lowest BCUT2D eigenvalue weighted by Gasteiger charge is -2.25. The van der Waals surface area contributed by atoms with Crippen LogP contribution in [0.3, 0.4) is 0 Å². The monoisotopic (exact) mass is 343 g/mol. The Morgan fingerprint density at radius 2 is 0.913 bits per heavy atom. The van der Waals surface area contributed by atoms with Gasteiger partial charge in [0.1, 0.15) is 15.9 Å². The predicted octanol–water partition coefficient (Wildman–Crippen LogP) is 4.35. The van der Waals surface area contributed by atoms with Crippen molar-refractivity contribution in [1.82, 2.24) is 0 Å². The van der Waals surface area contributed by atoms with E-state index in [4.69, 9.17) is 4.52 Å². The van der Waals surface area contributed by atoms with Gasteiger partial charge in [-0.3, -0.25) is 0 Å². The maximum Gasteiger partial charge on any atom is 0.242 e. The summed E-state index contributed by atoms with van der Waals surface area (Å²) in [7, 11) is -2.05. The molecule has 0 unspecified atom stereocenters. The van der Waals surface area contributed by atoms with E-state index < -0.39 is 7.49 Å². The zero-order valence-corrected chi connectivity index (χ0v) is 14.8. The molecule has 0 aliphatic carbocycles. The second kappa shape index (κ2) is 8.26. The largest absolute Gasteiger partial charge is 0.242 e. The molecule has 3 heteroatoms. The number of benzene rings is 3. The molecule has 0 heterocycles. The fourth-order valence-corrected chi connectivity index (χ4v) is 6.28. The number of rotatable bonds is 5. The van der Waals surface area contributed by atoms with Crippen LogP contribution < -0.4 is 15.9 Å². The third kappa shape index (κ3) is 3.48. The molecule has 1 nitrogen and oxygen atoms in total. The Labute approximate surface area is 145 Å². The Morgan fingerprint density at radius 1 is 0.609 bits per heavy atom. The molecule has 0 fully saturated rings. The van der Waals surface area contributed by atoms with Crippen LogP contribution in [0.4, 0.5) is 0 Å². The molecule has 3 aromatic carbocycles. The third-order valence-electron chi connectivity index (χ3n) is 3.68. The van der Waals surface area contributed by atoms with Crippen molar-refractivity contribution in [1.29, 1.82) is 0 Å². The van der Waals surface area contributed by atoms with Gasteiger partial charge in [0, 0.05) is 0 Å². The highest BCUT2D eigenvalue weighted by molar-refractivity contribution is 7.91. The standard InChI is InChI=1S/C20H20OP.ClH/c1-2-21-22(18-12-6-3-7-13-18,19-14-8-4-9-15-19)20-16-10-5-11-17-20;/h3-17H,2H2,1H3;1H/q+1;. The summed E-state index contributed by atoms with van der Waals surface area (Å²) >= 11 is 0. The van der Waals surface area contributed by atoms with Crippen molar-refractivity contribution in [2.75, 3.05) is 6.61 Å².